The zero-order chi connectivity index (χ0) is 14.2. The number of halogens is 2. The number of thioether (sulfide) groups is 1. The second-order valence-electron chi connectivity index (χ2n) is 5.55. The summed E-state index contributed by atoms with van der Waals surface area (Å²) >= 11 is 14.0. The van der Waals surface area contributed by atoms with Crippen LogP contribution in [0.1, 0.15) is 27.7 Å². The molecule has 1 fully saturated rings. The van der Waals surface area contributed by atoms with Crippen molar-refractivity contribution in [2.24, 2.45) is 4.99 Å². The molecule has 0 N–H and O–H groups in total. The molecule has 1 saturated heterocycles. The highest BCUT2D eigenvalue weighted by Gasteiger charge is 2.36. The Balaban J connectivity index is 2.38. The van der Waals surface area contributed by atoms with Crippen LogP contribution in [0.2, 0.25) is 10.0 Å². The summed E-state index contributed by atoms with van der Waals surface area (Å²) in [6.07, 6.45) is 0. The number of nitrogens with zero attached hydrogens (tertiary/aromatic N) is 2. The summed E-state index contributed by atoms with van der Waals surface area (Å²) in [7, 11) is 0. The van der Waals surface area contributed by atoms with E-state index >= 15 is 0 Å². The second kappa shape index (κ2) is 5.55. The molecule has 0 aromatic heterocycles. The smallest absolute Gasteiger partial charge is 0.165 e. The van der Waals surface area contributed by atoms with Gasteiger partial charge < -0.3 is 4.90 Å². The number of benzene rings is 1. The SMILES string of the molecule is CC(C)N1CC(C)(C)SC1=Nc1cccc(Cl)c1Cl. The van der Waals surface area contributed by atoms with E-state index in [0.29, 0.717) is 16.1 Å². The predicted octanol–water partition coefficient (Wildman–Crippen LogP) is 5.22. The van der Waals surface area contributed by atoms with Gasteiger partial charge in [0.2, 0.25) is 0 Å². The Hall–Kier alpha value is -0.380. The molecule has 0 amide bonds. The molecule has 1 aliphatic rings. The summed E-state index contributed by atoms with van der Waals surface area (Å²) in [4.78, 5) is 7.01. The van der Waals surface area contributed by atoms with Crippen LogP contribution in [0, 0.1) is 0 Å². The van der Waals surface area contributed by atoms with Gasteiger partial charge in [-0.25, -0.2) is 4.99 Å². The molecular formula is C14H18Cl2N2S. The highest BCUT2D eigenvalue weighted by atomic mass is 35.5. The van der Waals surface area contributed by atoms with Crippen molar-refractivity contribution in [1.82, 2.24) is 4.90 Å². The normalized spacial score (nSPS) is 20.6. The van der Waals surface area contributed by atoms with Crippen LogP contribution >= 0.6 is 35.0 Å². The average molecular weight is 317 g/mol. The fourth-order valence-electron chi connectivity index (χ4n) is 1.99. The maximum absolute atomic E-state index is 6.20. The highest BCUT2D eigenvalue weighted by molar-refractivity contribution is 8.15. The van der Waals surface area contributed by atoms with Gasteiger partial charge in [-0.15, -0.1) is 0 Å². The number of aliphatic imine (C=N–C) groups is 1. The molecule has 0 unspecified atom stereocenters. The van der Waals surface area contributed by atoms with Crippen LogP contribution in [0.4, 0.5) is 5.69 Å². The minimum Gasteiger partial charge on any atom is -0.347 e. The third-order valence-corrected chi connectivity index (χ3v) is 4.93. The summed E-state index contributed by atoms with van der Waals surface area (Å²) in [5.41, 5.74) is 0.736. The first-order valence-electron chi connectivity index (χ1n) is 6.28. The molecule has 1 heterocycles. The Morgan fingerprint density at radius 1 is 1.32 bits per heavy atom. The predicted molar refractivity (Wildman–Crippen MR) is 87.1 cm³/mol. The van der Waals surface area contributed by atoms with Crippen molar-refractivity contribution in [3.63, 3.8) is 0 Å². The van der Waals surface area contributed by atoms with Crippen LogP contribution in [-0.2, 0) is 0 Å². The fourth-order valence-corrected chi connectivity index (χ4v) is 3.56. The monoisotopic (exact) mass is 316 g/mol. The van der Waals surface area contributed by atoms with Gasteiger partial charge in [0, 0.05) is 17.3 Å². The molecule has 0 saturated carbocycles. The molecule has 2 nitrogen and oxygen atoms in total. The van der Waals surface area contributed by atoms with Gasteiger partial charge in [0.05, 0.1) is 15.7 Å². The Labute approximate surface area is 129 Å². The van der Waals surface area contributed by atoms with Crippen molar-refractivity contribution < 1.29 is 0 Å². The maximum atomic E-state index is 6.20. The zero-order valence-electron chi connectivity index (χ0n) is 11.6. The van der Waals surface area contributed by atoms with Crippen molar-refractivity contribution in [2.45, 2.75) is 38.5 Å². The van der Waals surface area contributed by atoms with E-state index in [4.69, 9.17) is 28.2 Å². The van der Waals surface area contributed by atoms with Crippen LogP contribution in [0.3, 0.4) is 0 Å². The first kappa shape index (κ1) is 15.0. The fraction of sp³-hybridized carbons (Fsp3) is 0.500. The van der Waals surface area contributed by atoms with E-state index in [9.17, 15) is 0 Å². The molecule has 0 bridgehead atoms. The van der Waals surface area contributed by atoms with Crippen molar-refractivity contribution in [2.75, 3.05) is 6.54 Å². The molecule has 5 heteroatoms. The molecule has 1 aliphatic heterocycles. The van der Waals surface area contributed by atoms with E-state index in [1.54, 1.807) is 17.8 Å². The van der Waals surface area contributed by atoms with E-state index in [0.717, 1.165) is 17.4 Å². The van der Waals surface area contributed by atoms with E-state index < -0.39 is 0 Å². The summed E-state index contributed by atoms with van der Waals surface area (Å²) in [6.45, 7) is 9.81. The molecule has 2 rings (SSSR count). The molecule has 1 aromatic rings. The zero-order valence-corrected chi connectivity index (χ0v) is 13.9. The van der Waals surface area contributed by atoms with Gasteiger partial charge in [0.15, 0.2) is 5.17 Å². The minimum absolute atomic E-state index is 0.175. The number of rotatable bonds is 2. The number of hydrogen-bond acceptors (Lipinski definition) is 2. The Morgan fingerprint density at radius 2 is 2.00 bits per heavy atom. The average Bonchev–Trinajstić information content (AvgIpc) is 2.60. The second-order valence-corrected chi connectivity index (χ2v) is 8.01. The van der Waals surface area contributed by atoms with Gasteiger partial charge in [-0.3, -0.25) is 0 Å². The Kier molecular flexibility index (Phi) is 4.38. The van der Waals surface area contributed by atoms with Crippen molar-refractivity contribution >= 4 is 45.8 Å². The quantitative estimate of drug-likeness (QED) is 0.743. The molecular weight excluding hydrogens is 299 g/mol. The summed E-state index contributed by atoms with van der Waals surface area (Å²) in [5.74, 6) is 0. The van der Waals surface area contributed by atoms with Gasteiger partial charge in [0.1, 0.15) is 0 Å². The van der Waals surface area contributed by atoms with Crippen LogP contribution in [0.15, 0.2) is 23.2 Å². The van der Waals surface area contributed by atoms with Crippen LogP contribution in [-0.4, -0.2) is 27.4 Å². The lowest BCUT2D eigenvalue weighted by atomic mass is 10.2. The lowest BCUT2D eigenvalue weighted by molar-refractivity contribution is 0.344. The lowest BCUT2D eigenvalue weighted by Gasteiger charge is -2.23. The van der Waals surface area contributed by atoms with Gasteiger partial charge in [0.25, 0.3) is 0 Å². The van der Waals surface area contributed by atoms with Gasteiger partial charge in [-0.2, -0.15) is 0 Å². The molecule has 0 atom stereocenters. The molecule has 104 valence electrons. The first-order valence-corrected chi connectivity index (χ1v) is 7.86. The first-order chi connectivity index (χ1) is 8.80. The number of hydrogen-bond donors (Lipinski definition) is 0. The Morgan fingerprint density at radius 3 is 2.63 bits per heavy atom. The molecule has 0 spiro atoms. The molecule has 0 aliphatic carbocycles. The molecule has 19 heavy (non-hydrogen) atoms. The topological polar surface area (TPSA) is 15.6 Å². The summed E-state index contributed by atoms with van der Waals surface area (Å²) in [6, 6.07) is 5.97. The van der Waals surface area contributed by atoms with E-state index in [1.165, 1.54) is 0 Å². The molecule has 1 aromatic carbocycles. The third-order valence-electron chi connectivity index (χ3n) is 2.94. The minimum atomic E-state index is 0.175. The van der Waals surface area contributed by atoms with Crippen molar-refractivity contribution in [3.8, 4) is 0 Å². The van der Waals surface area contributed by atoms with Crippen LogP contribution < -0.4 is 0 Å². The van der Waals surface area contributed by atoms with E-state index in [-0.39, 0.29) is 4.75 Å². The van der Waals surface area contributed by atoms with Crippen molar-refractivity contribution in [1.29, 1.82) is 0 Å². The van der Waals surface area contributed by atoms with Crippen LogP contribution in [0.25, 0.3) is 0 Å². The maximum Gasteiger partial charge on any atom is 0.165 e. The summed E-state index contributed by atoms with van der Waals surface area (Å²) < 4.78 is 0.175. The Bertz CT molecular complexity index is 512. The van der Waals surface area contributed by atoms with Crippen LogP contribution in [0.5, 0.6) is 0 Å². The lowest BCUT2D eigenvalue weighted by Crippen LogP contribution is -2.34. The van der Waals surface area contributed by atoms with Gasteiger partial charge in [-0.1, -0.05) is 41.0 Å². The standard InChI is InChI=1S/C14H18Cl2N2S/c1-9(2)18-8-14(3,4)19-13(18)17-11-7-5-6-10(15)12(11)16/h5-7,9H,8H2,1-4H3. The largest absolute Gasteiger partial charge is 0.347 e. The van der Waals surface area contributed by atoms with Crippen molar-refractivity contribution in [3.05, 3.63) is 28.2 Å². The van der Waals surface area contributed by atoms with Gasteiger partial charge >= 0.3 is 0 Å². The molecule has 0 radical (unpaired) electrons. The number of amidine groups is 1. The van der Waals surface area contributed by atoms with Gasteiger partial charge in [-0.05, 0) is 39.8 Å². The van der Waals surface area contributed by atoms with E-state index in [1.807, 2.05) is 12.1 Å². The van der Waals surface area contributed by atoms with E-state index in [2.05, 4.69) is 32.6 Å². The summed E-state index contributed by atoms with van der Waals surface area (Å²) in [5, 5.41) is 2.08. The highest BCUT2D eigenvalue weighted by Crippen LogP contribution is 2.39. The third kappa shape index (κ3) is 3.39.